The van der Waals surface area contributed by atoms with Crippen molar-refractivity contribution >= 4 is 46.6 Å². The van der Waals surface area contributed by atoms with Gasteiger partial charge in [-0.3, -0.25) is 4.79 Å². The first-order valence-corrected chi connectivity index (χ1v) is 9.55. The van der Waals surface area contributed by atoms with Crippen LogP contribution in [0.4, 0.5) is 11.4 Å². The molecule has 138 valence electrons. The normalized spacial score (nSPS) is 14.6. The largest absolute Gasteiger partial charge is 0.372 e. The number of hydrogen-bond donors (Lipinski definition) is 1. The fourth-order valence-corrected chi connectivity index (χ4v) is 3.60. The number of anilines is 2. The van der Waals surface area contributed by atoms with Crippen molar-refractivity contribution in [2.24, 2.45) is 0 Å². The van der Waals surface area contributed by atoms with Gasteiger partial charge in [0, 0.05) is 34.5 Å². The molecule has 1 saturated heterocycles. The molecule has 0 radical (unpaired) electrons. The summed E-state index contributed by atoms with van der Waals surface area (Å²) in [6.45, 7) is 2.15. The quantitative estimate of drug-likeness (QED) is 0.542. The van der Waals surface area contributed by atoms with Crippen LogP contribution >= 0.6 is 23.2 Å². The Morgan fingerprint density at radius 3 is 2.26 bits per heavy atom. The number of hydrogen-bond acceptors (Lipinski definition) is 3. The van der Waals surface area contributed by atoms with Crippen LogP contribution in [0.3, 0.4) is 0 Å². The third-order valence-corrected chi connectivity index (χ3v) is 4.85. The second-order valence-corrected chi connectivity index (χ2v) is 7.29. The van der Waals surface area contributed by atoms with E-state index in [9.17, 15) is 10.1 Å². The first-order chi connectivity index (χ1) is 13.0. The first-order valence-electron chi connectivity index (χ1n) is 8.79. The number of nitrogens with one attached hydrogen (secondary N) is 1. The molecule has 1 amide bonds. The van der Waals surface area contributed by atoms with E-state index >= 15 is 0 Å². The zero-order valence-corrected chi connectivity index (χ0v) is 16.2. The molecule has 4 nitrogen and oxygen atoms in total. The zero-order chi connectivity index (χ0) is 19.2. The van der Waals surface area contributed by atoms with Crippen molar-refractivity contribution in [1.29, 1.82) is 5.26 Å². The Kier molecular flexibility index (Phi) is 6.39. The van der Waals surface area contributed by atoms with E-state index in [1.165, 1.54) is 24.9 Å². The molecule has 3 rings (SSSR count). The minimum absolute atomic E-state index is 0.0109. The number of benzene rings is 2. The molecular formula is C21H19Cl2N3O. The van der Waals surface area contributed by atoms with Crippen LogP contribution in [0.1, 0.15) is 24.8 Å². The van der Waals surface area contributed by atoms with Gasteiger partial charge in [-0.15, -0.1) is 0 Å². The number of rotatable bonds is 4. The van der Waals surface area contributed by atoms with Gasteiger partial charge in [-0.05, 0) is 61.2 Å². The SMILES string of the molecule is N#C/C(=C\c1ccc(N2CCCCC2)cc1)C(=O)Nc1cc(Cl)cc(Cl)c1. The van der Waals surface area contributed by atoms with Crippen LogP contribution in [0.15, 0.2) is 48.0 Å². The van der Waals surface area contributed by atoms with Crippen molar-refractivity contribution in [3.8, 4) is 6.07 Å². The molecule has 0 aliphatic carbocycles. The highest BCUT2D eigenvalue weighted by atomic mass is 35.5. The van der Waals surface area contributed by atoms with E-state index in [4.69, 9.17) is 23.2 Å². The summed E-state index contributed by atoms with van der Waals surface area (Å²) in [4.78, 5) is 14.7. The Balaban J connectivity index is 1.73. The average Bonchev–Trinajstić information content (AvgIpc) is 2.66. The number of nitriles is 1. The van der Waals surface area contributed by atoms with E-state index in [2.05, 4.69) is 10.2 Å². The molecule has 2 aromatic rings. The lowest BCUT2D eigenvalue weighted by Gasteiger charge is -2.28. The van der Waals surface area contributed by atoms with E-state index in [1.54, 1.807) is 24.3 Å². The van der Waals surface area contributed by atoms with Gasteiger partial charge in [0.15, 0.2) is 0 Å². The highest BCUT2D eigenvalue weighted by Gasteiger charge is 2.12. The van der Waals surface area contributed by atoms with Gasteiger partial charge in [0.1, 0.15) is 11.6 Å². The second-order valence-electron chi connectivity index (χ2n) is 6.42. The molecule has 6 heteroatoms. The Bertz CT molecular complexity index is 874. The number of carbonyl (C=O) groups excluding carboxylic acids is 1. The zero-order valence-electron chi connectivity index (χ0n) is 14.7. The molecule has 1 aliphatic heterocycles. The van der Waals surface area contributed by atoms with Crippen LogP contribution in [-0.2, 0) is 4.79 Å². The van der Waals surface area contributed by atoms with E-state index in [0.29, 0.717) is 15.7 Å². The Hall–Kier alpha value is -2.48. The van der Waals surface area contributed by atoms with Gasteiger partial charge in [0.05, 0.1) is 0 Å². The van der Waals surface area contributed by atoms with Crippen LogP contribution in [0.2, 0.25) is 10.0 Å². The smallest absolute Gasteiger partial charge is 0.266 e. The minimum Gasteiger partial charge on any atom is -0.372 e. The van der Waals surface area contributed by atoms with Gasteiger partial charge >= 0.3 is 0 Å². The standard InChI is InChI=1S/C21H19Cl2N3O/c22-17-11-18(23)13-19(12-17)25-21(27)16(14-24)10-15-4-6-20(7-5-15)26-8-2-1-3-9-26/h4-7,10-13H,1-3,8-9H2,(H,25,27)/b16-10+. The molecule has 0 aromatic heterocycles. The van der Waals surface area contributed by atoms with Gasteiger partial charge in [-0.2, -0.15) is 5.26 Å². The summed E-state index contributed by atoms with van der Waals surface area (Å²) in [5, 5.41) is 12.8. The Labute approximate surface area is 169 Å². The van der Waals surface area contributed by atoms with Gasteiger partial charge in [0.25, 0.3) is 5.91 Å². The summed E-state index contributed by atoms with van der Waals surface area (Å²) in [6.07, 6.45) is 5.29. The van der Waals surface area contributed by atoms with Gasteiger partial charge in [0.2, 0.25) is 0 Å². The van der Waals surface area contributed by atoms with Crippen molar-refractivity contribution in [2.75, 3.05) is 23.3 Å². The summed E-state index contributed by atoms with van der Waals surface area (Å²) in [5.41, 5.74) is 2.42. The van der Waals surface area contributed by atoms with Crippen LogP contribution in [-0.4, -0.2) is 19.0 Å². The van der Waals surface area contributed by atoms with E-state index in [-0.39, 0.29) is 5.57 Å². The molecule has 0 spiro atoms. The van der Waals surface area contributed by atoms with Crippen molar-refractivity contribution < 1.29 is 4.79 Å². The Morgan fingerprint density at radius 1 is 1.04 bits per heavy atom. The fourth-order valence-electron chi connectivity index (χ4n) is 3.07. The fraction of sp³-hybridized carbons (Fsp3) is 0.238. The van der Waals surface area contributed by atoms with E-state index < -0.39 is 5.91 Å². The predicted octanol–water partition coefficient (Wildman–Crippen LogP) is 5.53. The maximum absolute atomic E-state index is 12.4. The maximum Gasteiger partial charge on any atom is 0.266 e. The molecule has 27 heavy (non-hydrogen) atoms. The van der Waals surface area contributed by atoms with Gasteiger partial charge in [-0.1, -0.05) is 35.3 Å². The highest BCUT2D eigenvalue weighted by Crippen LogP contribution is 2.24. The molecule has 0 unspecified atom stereocenters. The molecule has 1 heterocycles. The number of carbonyl (C=O) groups is 1. The van der Waals surface area contributed by atoms with Crippen molar-refractivity contribution in [2.45, 2.75) is 19.3 Å². The third-order valence-electron chi connectivity index (χ3n) is 4.41. The van der Waals surface area contributed by atoms with E-state index in [0.717, 1.165) is 18.7 Å². The number of amides is 1. The molecule has 0 atom stereocenters. The summed E-state index contributed by atoms with van der Waals surface area (Å²) < 4.78 is 0. The first kappa shape index (κ1) is 19.3. The van der Waals surface area contributed by atoms with Crippen LogP contribution < -0.4 is 10.2 Å². The van der Waals surface area contributed by atoms with Crippen LogP contribution in [0.25, 0.3) is 6.08 Å². The Morgan fingerprint density at radius 2 is 1.67 bits per heavy atom. The lowest BCUT2D eigenvalue weighted by atomic mass is 10.1. The highest BCUT2D eigenvalue weighted by molar-refractivity contribution is 6.35. The van der Waals surface area contributed by atoms with Crippen molar-refractivity contribution in [3.05, 3.63) is 63.6 Å². The van der Waals surface area contributed by atoms with Crippen LogP contribution in [0, 0.1) is 11.3 Å². The van der Waals surface area contributed by atoms with Gasteiger partial charge < -0.3 is 10.2 Å². The molecule has 0 saturated carbocycles. The molecule has 0 bridgehead atoms. The number of halogens is 2. The van der Waals surface area contributed by atoms with E-state index in [1.807, 2.05) is 30.3 Å². The van der Waals surface area contributed by atoms with Crippen LogP contribution in [0.5, 0.6) is 0 Å². The molecular weight excluding hydrogens is 381 g/mol. The molecule has 1 N–H and O–H groups in total. The predicted molar refractivity (Wildman–Crippen MR) is 111 cm³/mol. The molecule has 1 aliphatic rings. The monoisotopic (exact) mass is 399 g/mol. The topological polar surface area (TPSA) is 56.1 Å². The lowest BCUT2D eigenvalue weighted by molar-refractivity contribution is -0.112. The summed E-state index contributed by atoms with van der Waals surface area (Å²) in [5.74, 6) is -0.504. The lowest BCUT2D eigenvalue weighted by Crippen LogP contribution is -2.29. The average molecular weight is 400 g/mol. The third kappa shape index (κ3) is 5.26. The number of piperidine rings is 1. The van der Waals surface area contributed by atoms with Gasteiger partial charge in [-0.25, -0.2) is 0 Å². The molecule has 2 aromatic carbocycles. The van der Waals surface area contributed by atoms with Crippen molar-refractivity contribution in [1.82, 2.24) is 0 Å². The maximum atomic E-state index is 12.4. The summed E-state index contributed by atoms with van der Waals surface area (Å²) >= 11 is 11.9. The second kappa shape index (κ2) is 8.94. The summed E-state index contributed by atoms with van der Waals surface area (Å²) in [7, 11) is 0. The summed E-state index contributed by atoms with van der Waals surface area (Å²) in [6, 6.07) is 14.6. The molecule has 1 fully saturated rings. The minimum atomic E-state index is -0.504. The van der Waals surface area contributed by atoms with Crippen molar-refractivity contribution in [3.63, 3.8) is 0 Å². The number of nitrogens with zero attached hydrogens (tertiary/aromatic N) is 2.